The second-order valence-electron chi connectivity index (χ2n) is 4.49. The summed E-state index contributed by atoms with van der Waals surface area (Å²) in [6.45, 7) is 5.19. The molecule has 106 valence electrons. The molecule has 1 aromatic heterocycles. The Labute approximate surface area is 119 Å². The van der Waals surface area contributed by atoms with Crippen LogP contribution in [0, 0.1) is 6.92 Å². The molecule has 3 N–H and O–H groups in total. The second-order valence-corrected chi connectivity index (χ2v) is 4.49. The molecule has 2 aromatic rings. The van der Waals surface area contributed by atoms with Crippen LogP contribution in [0.15, 0.2) is 30.3 Å². The van der Waals surface area contributed by atoms with Crippen LogP contribution in [-0.2, 0) is 6.42 Å². The predicted octanol–water partition coefficient (Wildman–Crippen LogP) is 2.42. The van der Waals surface area contributed by atoms with Crippen molar-refractivity contribution in [2.24, 2.45) is 0 Å². The minimum Gasteiger partial charge on any atom is -0.478 e. The third-order valence-electron chi connectivity index (χ3n) is 2.81. The Morgan fingerprint density at radius 1 is 1.20 bits per heavy atom. The first-order valence-electron chi connectivity index (χ1n) is 6.74. The van der Waals surface area contributed by atoms with Gasteiger partial charge in [0.1, 0.15) is 11.6 Å². The summed E-state index contributed by atoms with van der Waals surface area (Å²) in [5.41, 5.74) is 7.69. The lowest BCUT2D eigenvalue weighted by Crippen LogP contribution is -2.08. The number of hydrogen-bond acceptors (Lipinski definition) is 5. The summed E-state index contributed by atoms with van der Waals surface area (Å²) >= 11 is 0. The number of aryl methyl sites for hydroxylation is 1. The van der Waals surface area contributed by atoms with E-state index in [-0.39, 0.29) is 0 Å². The zero-order valence-corrected chi connectivity index (χ0v) is 11.9. The van der Waals surface area contributed by atoms with Gasteiger partial charge in [-0.2, -0.15) is 4.98 Å². The maximum Gasteiger partial charge on any atom is 0.218 e. The van der Waals surface area contributed by atoms with Crippen molar-refractivity contribution in [3.63, 3.8) is 0 Å². The summed E-state index contributed by atoms with van der Waals surface area (Å²) < 4.78 is 5.40. The topological polar surface area (TPSA) is 73.1 Å². The van der Waals surface area contributed by atoms with E-state index in [4.69, 9.17) is 10.5 Å². The van der Waals surface area contributed by atoms with Crippen LogP contribution in [0.1, 0.15) is 18.3 Å². The van der Waals surface area contributed by atoms with E-state index in [1.165, 1.54) is 5.56 Å². The first-order chi connectivity index (χ1) is 9.67. The molecule has 0 amide bonds. The zero-order valence-electron chi connectivity index (χ0n) is 11.9. The standard InChI is InChI=1S/C15H20N4O/c1-3-20-15-10-14(18-11(2)19-15)17-9-8-12-4-6-13(16)7-5-12/h4-7,10H,3,8-9,16H2,1-2H3,(H,17,18,19). The van der Waals surface area contributed by atoms with Crippen molar-refractivity contribution in [3.8, 4) is 5.88 Å². The van der Waals surface area contributed by atoms with Crippen LogP contribution in [0.25, 0.3) is 0 Å². The number of benzene rings is 1. The van der Waals surface area contributed by atoms with Gasteiger partial charge in [-0.05, 0) is 38.0 Å². The lowest BCUT2D eigenvalue weighted by atomic mass is 10.1. The van der Waals surface area contributed by atoms with Gasteiger partial charge in [0.15, 0.2) is 0 Å². The average molecular weight is 272 g/mol. The normalized spacial score (nSPS) is 10.3. The van der Waals surface area contributed by atoms with Crippen LogP contribution >= 0.6 is 0 Å². The van der Waals surface area contributed by atoms with E-state index in [0.717, 1.165) is 24.5 Å². The van der Waals surface area contributed by atoms with E-state index in [0.29, 0.717) is 18.3 Å². The summed E-state index contributed by atoms with van der Waals surface area (Å²) in [4.78, 5) is 8.55. The van der Waals surface area contributed by atoms with Crippen LogP contribution in [0.2, 0.25) is 0 Å². The Kier molecular flexibility index (Phi) is 4.76. The fourth-order valence-corrected chi connectivity index (χ4v) is 1.87. The summed E-state index contributed by atoms with van der Waals surface area (Å²) in [5.74, 6) is 2.09. The van der Waals surface area contributed by atoms with Crippen molar-refractivity contribution in [2.45, 2.75) is 20.3 Å². The van der Waals surface area contributed by atoms with Crippen LogP contribution in [0.3, 0.4) is 0 Å². The number of hydrogen-bond donors (Lipinski definition) is 2. The second kappa shape index (κ2) is 6.75. The molecule has 20 heavy (non-hydrogen) atoms. The van der Waals surface area contributed by atoms with Crippen molar-refractivity contribution in [3.05, 3.63) is 41.7 Å². The summed E-state index contributed by atoms with van der Waals surface area (Å²) in [5, 5.41) is 3.29. The number of nitrogens with one attached hydrogen (secondary N) is 1. The van der Waals surface area contributed by atoms with E-state index >= 15 is 0 Å². The minimum absolute atomic E-state index is 0.599. The molecule has 0 unspecified atom stereocenters. The molecule has 0 spiro atoms. The molecule has 0 aliphatic rings. The van der Waals surface area contributed by atoms with E-state index in [9.17, 15) is 0 Å². The van der Waals surface area contributed by atoms with Crippen molar-refractivity contribution < 1.29 is 4.74 Å². The van der Waals surface area contributed by atoms with Gasteiger partial charge in [-0.3, -0.25) is 0 Å². The van der Waals surface area contributed by atoms with E-state index in [2.05, 4.69) is 15.3 Å². The molecule has 0 saturated heterocycles. The van der Waals surface area contributed by atoms with E-state index in [1.54, 1.807) is 0 Å². The fourth-order valence-electron chi connectivity index (χ4n) is 1.87. The number of nitrogens with zero attached hydrogens (tertiary/aromatic N) is 2. The molecule has 5 heteroatoms. The molecule has 1 aromatic carbocycles. The molecule has 0 atom stereocenters. The van der Waals surface area contributed by atoms with Gasteiger partial charge in [-0.25, -0.2) is 4.98 Å². The Morgan fingerprint density at radius 2 is 1.95 bits per heavy atom. The first-order valence-corrected chi connectivity index (χ1v) is 6.74. The highest BCUT2D eigenvalue weighted by Crippen LogP contribution is 2.13. The Balaban J connectivity index is 1.91. The SMILES string of the molecule is CCOc1cc(NCCc2ccc(N)cc2)nc(C)n1. The van der Waals surface area contributed by atoms with E-state index in [1.807, 2.05) is 44.2 Å². The molecule has 0 bridgehead atoms. The van der Waals surface area contributed by atoms with Gasteiger partial charge in [0.05, 0.1) is 6.61 Å². The highest BCUT2D eigenvalue weighted by molar-refractivity contribution is 5.41. The molecule has 5 nitrogen and oxygen atoms in total. The van der Waals surface area contributed by atoms with Gasteiger partial charge < -0.3 is 15.8 Å². The predicted molar refractivity (Wildman–Crippen MR) is 81.0 cm³/mol. The van der Waals surface area contributed by atoms with Crippen LogP contribution in [0.5, 0.6) is 5.88 Å². The largest absolute Gasteiger partial charge is 0.478 e. The smallest absolute Gasteiger partial charge is 0.218 e. The monoisotopic (exact) mass is 272 g/mol. The Hall–Kier alpha value is -2.30. The van der Waals surface area contributed by atoms with Crippen molar-refractivity contribution >= 4 is 11.5 Å². The van der Waals surface area contributed by atoms with Crippen molar-refractivity contribution in [2.75, 3.05) is 24.2 Å². The Morgan fingerprint density at radius 3 is 2.65 bits per heavy atom. The number of aromatic nitrogens is 2. The maximum absolute atomic E-state index is 5.66. The van der Waals surface area contributed by atoms with Crippen molar-refractivity contribution in [1.29, 1.82) is 0 Å². The molecule has 2 rings (SSSR count). The van der Waals surface area contributed by atoms with Crippen molar-refractivity contribution in [1.82, 2.24) is 9.97 Å². The third-order valence-corrected chi connectivity index (χ3v) is 2.81. The molecule has 0 saturated carbocycles. The molecular formula is C15H20N4O. The van der Waals surface area contributed by atoms with Gasteiger partial charge in [0.25, 0.3) is 0 Å². The average Bonchev–Trinajstić information content (AvgIpc) is 2.41. The molecule has 0 radical (unpaired) electrons. The molecule has 0 fully saturated rings. The number of nitrogen functional groups attached to an aromatic ring is 1. The highest BCUT2D eigenvalue weighted by Gasteiger charge is 2.02. The lowest BCUT2D eigenvalue weighted by Gasteiger charge is -2.09. The highest BCUT2D eigenvalue weighted by atomic mass is 16.5. The zero-order chi connectivity index (χ0) is 14.4. The summed E-state index contributed by atoms with van der Waals surface area (Å²) in [7, 11) is 0. The molecule has 1 heterocycles. The molecule has 0 aliphatic heterocycles. The fraction of sp³-hybridized carbons (Fsp3) is 0.333. The lowest BCUT2D eigenvalue weighted by molar-refractivity contribution is 0.325. The number of anilines is 2. The van der Waals surface area contributed by atoms with Crippen LogP contribution in [0.4, 0.5) is 11.5 Å². The molecular weight excluding hydrogens is 252 g/mol. The van der Waals surface area contributed by atoms with Crippen LogP contribution in [-0.4, -0.2) is 23.1 Å². The quantitative estimate of drug-likeness (QED) is 0.790. The Bertz CT molecular complexity index is 554. The molecule has 0 aliphatic carbocycles. The first kappa shape index (κ1) is 14.1. The maximum atomic E-state index is 5.66. The van der Waals surface area contributed by atoms with Gasteiger partial charge in [0, 0.05) is 18.3 Å². The number of nitrogens with two attached hydrogens (primary N) is 1. The summed E-state index contributed by atoms with van der Waals surface area (Å²) in [6, 6.07) is 9.72. The number of ether oxygens (including phenoxy) is 1. The van der Waals surface area contributed by atoms with Gasteiger partial charge in [0.2, 0.25) is 5.88 Å². The van der Waals surface area contributed by atoms with Gasteiger partial charge in [-0.15, -0.1) is 0 Å². The third kappa shape index (κ3) is 4.12. The van der Waals surface area contributed by atoms with E-state index < -0.39 is 0 Å². The summed E-state index contributed by atoms with van der Waals surface area (Å²) in [6.07, 6.45) is 0.910. The van der Waals surface area contributed by atoms with Gasteiger partial charge >= 0.3 is 0 Å². The minimum atomic E-state index is 0.599. The van der Waals surface area contributed by atoms with Gasteiger partial charge in [-0.1, -0.05) is 12.1 Å². The van der Waals surface area contributed by atoms with Crippen LogP contribution < -0.4 is 15.8 Å². The number of rotatable bonds is 6.